The van der Waals surface area contributed by atoms with Gasteiger partial charge in [0.05, 0.1) is 5.56 Å². The Labute approximate surface area is 98.9 Å². The van der Waals surface area contributed by atoms with E-state index in [9.17, 15) is 9.59 Å². The van der Waals surface area contributed by atoms with Crippen LogP contribution in [-0.2, 0) is 17.9 Å². The Morgan fingerprint density at radius 3 is 2.65 bits per heavy atom. The minimum Gasteiger partial charge on any atom is -0.478 e. The number of rotatable bonds is 1. The molecule has 0 bridgehead atoms. The molecule has 4 heteroatoms. The summed E-state index contributed by atoms with van der Waals surface area (Å²) in [6.45, 7) is 2.55. The van der Waals surface area contributed by atoms with Gasteiger partial charge in [0.25, 0.3) is 5.91 Å². The van der Waals surface area contributed by atoms with E-state index in [1.54, 1.807) is 30.0 Å². The van der Waals surface area contributed by atoms with Gasteiger partial charge in [0.1, 0.15) is 0 Å². The molecule has 86 valence electrons. The van der Waals surface area contributed by atoms with Gasteiger partial charge in [-0.2, -0.15) is 0 Å². The van der Waals surface area contributed by atoms with Crippen molar-refractivity contribution in [2.45, 2.75) is 20.0 Å². The van der Waals surface area contributed by atoms with Crippen molar-refractivity contribution in [2.24, 2.45) is 0 Å². The molecule has 0 fully saturated rings. The van der Waals surface area contributed by atoms with E-state index in [0.29, 0.717) is 13.1 Å². The van der Waals surface area contributed by atoms with E-state index in [2.05, 4.69) is 11.8 Å². The number of carbonyl (C=O) groups is 2. The number of hydrogen-bond donors (Lipinski definition) is 1. The molecule has 1 aromatic carbocycles. The molecule has 0 saturated carbocycles. The fraction of sp³-hybridized carbons (Fsp3) is 0.231. The Morgan fingerprint density at radius 2 is 2.00 bits per heavy atom. The van der Waals surface area contributed by atoms with Crippen LogP contribution >= 0.6 is 0 Å². The van der Waals surface area contributed by atoms with Crippen molar-refractivity contribution < 1.29 is 14.7 Å². The highest BCUT2D eigenvalue weighted by atomic mass is 16.4. The Hall–Kier alpha value is -2.28. The van der Waals surface area contributed by atoms with Gasteiger partial charge in [0, 0.05) is 13.1 Å². The topological polar surface area (TPSA) is 57.6 Å². The lowest BCUT2D eigenvalue weighted by Gasteiger charge is -2.10. The molecule has 1 heterocycles. The van der Waals surface area contributed by atoms with Gasteiger partial charge >= 0.3 is 5.97 Å². The molecule has 1 aliphatic rings. The Kier molecular flexibility index (Phi) is 2.84. The molecule has 0 aromatic heterocycles. The maximum Gasteiger partial charge on any atom is 0.335 e. The summed E-state index contributed by atoms with van der Waals surface area (Å²) < 4.78 is 0. The van der Waals surface area contributed by atoms with E-state index in [4.69, 9.17) is 5.11 Å². The molecule has 2 rings (SSSR count). The number of nitrogens with zero attached hydrogens (tertiary/aromatic N) is 1. The normalized spacial score (nSPS) is 12.6. The number of carbonyl (C=O) groups excluding carboxylic acids is 1. The first-order valence-corrected chi connectivity index (χ1v) is 5.18. The highest BCUT2D eigenvalue weighted by molar-refractivity contribution is 5.94. The van der Waals surface area contributed by atoms with Crippen molar-refractivity contribution in [3.8, 4) is 11.8 Å². The van der Waals surface area contributed by atoms with Gasteiger partial charge in [-0.1, -0.05) is 12.0 Å². The Balaban J connectivity index is 2.24. The largest absolute Gasteiger partial charge is 0.478 e. The van der Waals surface area contributed by atoms with Gasteiger partial charge in [0.15, 0.2) is 0 Å². The summed E-state index contributed by atoms with van der Waals surface area (Å²) in [5, 5.41) is 8.87. The second kappa shape index (κ2) is 4.30. The summed E-state index contributed by atoms with van der Waals surface area (Å²) >= 11 is 0. The first kappa shape index (κ1) is 11.2. The molecule has 0 saturated heterocycles. The van der Waals surface area contributed by atoms with E-state index in [-0.39, 0.29) is 11.5 Å². The van der Waals surface area contributed by atoms with E-state index in [1.807, 2.05) is 0 Å². The van der Waals surface area contributed by atoms with Gasteiger partial charge in [-0.15, -0.1) is 0 Å². The summed E-state index contributed by atoms with van der Waals surface area (Å²) in [4.78, 5) is 24.0. The average molecular weight is 229 g/mol. The minimum atomic E-state index is -0.953. The quantitative estimate of drug-likeness (QED) is 0.737. The maximum atomic E-state index is 11.6. The summed E-state index contributed by atoms with van der Waals surface area (Å²) in [5.74, 6) is 3.87. The first-order chi connectivity index (χ1) is 8.11. The van der Waals surface area contributed by atoms with Crippen LogP contribution in [0.25, 0.3) is 0 Å². The highest BCUT2D eigenvalue weighted by Gasteiger charge is 2.23. The number of hydrogen-bond acceptors (Lipinski definition) is 2. The second-order valence-electron chi connectivity index (χ2n) is 3.82. The van der Waals surface area contributed by atoms with E-state index in [1.165, 1.54) is 0 Å². The molecule has 1 aliphatic heterocycles. The number of amides is 1. The number of benzene rings is 1. The smallest absolute Gasteiger partial charge is 0.335 e. The van der Waals surface area contributed by atoms with Crippen LogP contribution in [-0.4, -0.2) is 21.9 Å². The van der Waals surface area contributed by atoms with Crippen LogP contribution in [0, 0.1) is 11.8 Å². The van der Waals surface area contributed by atoms with Crippen molar-refractivity contribution >= 4 is 11.9 Å². The van der Waals surface area contributed by atoms with Crippen LogP contribution in [0.4, 0.5) is 0 Å². The number of aromatic carboxylic acids is 1. The lowest BCUT2D eigenvalue weighted by Crippen LogP contribution is -2.23. The highest BCUT2D eigenvalue weighted by Crippen LogP contribution is 2.23. The van der Waals surface area contributed by atoms with Crippen molar-refractivity contribution in [1.29, 1.82) is 0 Å². The third-order valence-electron chi connectivity index (χ3n) is 2.69. The zero-order chi connectivity index (χ0) is 12.4. The molecule has 1 aromatic rings. The van der Waals surface area contributed by atoms with Crippen LogP contribution < -0.4 is 0 Å². The minimum absolute atomic E-state index is 0.222. The summed E-state index contributed by atoms with van der Waals surface area (Å²) in [7, 11) is 0. The first-order valence-electron chi connectivity index (χ1n) is 5.18. The third kappa shape index (κ3) is 2.13. The van der Waals surface area contributed by atoms with Crippen molar-refractivity contribution in [3.05, 3.63) is 34.9 Å². The van der Waals surface area contributed by atoms with E-state index >= 15 is 0 Å². The Morgan fingerprint density at radius 1 is 1.29 bits per heavy atom. The second-order valence-corrected chi connectivity index (χ2v) is 3.82. The monoisotopic (exact) mass is 229 g/mol. The molecule has 4 nitrogen and oxygen atoms in total. The molecule has 0 spiro atoms. The van der Waals surface area contributed by atoms with Gasteiger partial charge in [0.2, 0.25) is 0 Å². The standard InChI is InChI=1S/C13H11NO3/c1-2-3-12(15)14-7-10-5-4-9(13(16)17)6-11(10)8-14/h4-6H,7-8H2,1H3,(H,16,17). The van der Waals surface area contributed by atoms with E-state index < -0.39 is 5.97 Å². The van der Waals surface area contributed by atoms with Crippen molar-refractivity contribution in [3.63, 3.8) is 0 Å². The zero-order valence-electron chi connectivity index (χ0n) is 9.36. The molecule has 0 radical (unpaired) electrons. The van der Waals surface area contributed by atoms with Gasteiger partial charge < -0.3 is 10.0 Å². The molecule has 0 unspecified atom stereocenters. The Bertz CT molecular complexity index is 552. The SMILES string of the molecule is CC#CC(=O)N1Cc2ccc(C(=O)O)cc2C1. The molecule has 0 aliphatic carbocycles. The van der Waals surface area contributed by atoms with Crippen LogP contribution in [0.5, 0.6) is 0 Å². The van der Waals surface area contributed by atoms with Crippen LogP contribution in [0.3, 0.4) is 0 Å². The predicted molar refractivity (Wildman–Crippen MR) is 61.1 cm³/mol. The zero-order valence-corrected chi connectivity index (χ0v) is 9.36. The molecular formula is C13H11NO3. The number of fused-ring (bicyclic) bond motifs is 1. The lowest BCUT2D eigenvalue weighted by molar-refractivity contribution is -0.125. The molecular weight excluding hydrogens is 218 g/mol. The maximum absolute atomic E-state index is 11.6. The van der Waals surface area contributed by atoms with Gasteiger partial charge in [-0.25, -0.2) is 4.79 Å². The molecule has 0 atom stereocenters. The van der Waals surface area contributed by atoms with Crippen LogP contribution in [0.15, 0.2) is 18.2 Å². The van der Waals surface area contributed by atoms with Crippen LogP contribution in [0.2, 0.25) is 0 Å². The molecule has 17 heavy (non-hydrogen) atoms. The predicted octanol–water partition coefficient (Wildman–Crippen LogP) is 1.25. The van der Waals surface area contributed by atoms with E-state index in [0.717, 1.165) is 11.1 Å². The molecule has 1 amide bonds. The third-order valence-corrected chi connectivity index (χ3v) is 2.69. The fourth-order valence-corrected chi connectivity index (χ4v) is 1.86. The fourth-order valence-electron chi connectivity index (χ4n) is 1.86. The summed E-state index contributed by atoms with van der Waals surface area (Å²) in [6, 6.07) is 4.93. The summed E-state index contributed by atoms with van der Waals surface area (Å²) in [6.07, 6.45) is 0. The summed E-state index contributed by atoms with van der Waals surface area (Å²) in [5.41, 5.74) is 2.12. The van der Waals surface area contributed by atoms with Gasteiger partial charge in [-0.3, -0.25) is 4.79 Å². The lowest BCUT2D eigenvalue weighted by atomic mass is 10.1. The van der Waals surface area contributed by atoms with Crippen molar-refractivity contribution in [2.75, 3.05) is 0 Å². The number of carboxylic acid groups (broad SMARTS) is 1. The average Bonchev–Trinajstić information content (AvgIpc) is 2.71. The molecule has 1 N–H and O–H groups in total. The van der Waals surface area contributed by atoms with Crippen molar-refractivity contribution in [1.82, 2.24) is 4.90 Å². The van der Waals surface area contributed by atoms with Crippen LogP contribution in [0.1, 0.15) is 28.4 Å². The van der Waals surface area contributed by atoms with Gasteiger partial charge in [-0.05, 0) is 36.1 Å². The number of carboxylic acids is 1.